The smallest absolute Gasteiger partial charge is 0.462 e. The lowest BCUT2D eigenvalue weighted by molar-refractivity contribution is -0.220. The second-order valence-corrected chi connectivity index (χ2v) is 16.6. The van der Waals surface area contributed by atoms with Crippen LogP contribution in [0, 0.1) is 0 Å². The van der Waals surface area contributed by atoms with Crippen molar-refractivity contribution in [1.29, 1.82) is 0 Å². The highest BCUT2D eigenvalue weighted by Crippen LogP contribution is 2.47. The Kier molecular flexibility index (Phi) is 33.5. The number of rotatable bonds is 35. The van der Waals surface area contributed by atoms with E-state index in [1.165, 1.54) is 38.5 Å². The first-order chi connectivity index (χ1) is 29.4. The van der Waals surface area contributed by atoms with Crippen molar-refractivity contribution in [2.24, 2.45) is 0 Å². The molecule has 0 saturated heterocycles. The van der Waals surface area contributed by atoms with Gasteiger partial charge in [0.2, 0.25) is 0 Å². The summed E-state index contributed by atoms with van der Waals surface area (Å²) >= 11 is 0. The number of esters is 2. The minimum absolute atomic E-state index is 0.0291. The summed E-state index contributed by atoms with van der Waals surface area (Å²) in [6.07, 6.45) is 33.7. The van der Waals surface area contributed by atoms with Crippen molar-refractivity contribution in [1.82, 2.24) is 0 Å². The molecule has 0 aromatic carbocycles. The minimum atomic E-state index is -5.14. The first-order valence-corrected chi connectivity index (χ1v) is 23.9. The molecule has 1 aliphatic rings. The van der Waals surface area contributed by atoms with Crippen LogP contribution >= 0.6 is 7.82 Å². The van der Waals surface area contributed by atoms with Gasteiger partial charge in [-0.2, -0.15) is 0 Å². The number of hydrogen-bond acceptors (Lipinski definition) is 12. The van der Waals surface area contributed by atoms with Gasteiger partial charge < -0.3 is 39.9 Å². The predicted octanol–water partition coefficient (Wildman–Crippen LogP) is 8.50. The van der Waals surface area contributed by atoms with Crippen molar-refractivity contribution in [2.75, 3.05) is 13.2 Å². The lowest BCUT2D eigenvalue weighted by Gasteiger charge is -2.41. The van der Waals surface area contributed by atoms with Crippen LogP contribution in [0.25, 0.3) is 0 Å². The molecule has 1 rings (SSSR count). The summed E-state index contributed by atoms with van der Waals surface area (Å²) < 4.78 is 33.4. The molecule has 0 radical (unpaired) electrons. The van der Waals surface area contributed by atoms with Gasteiger partial charge in [-0.05, 0) is 83.5 Å². The molecule has 0 aromatic rings. The summed E-state index contributed by atoms with van der Waals surface area (Å²) in [6, 6.07) is 0. The molecule has 14 heteroatoms. The number of aliphatic hydroxyl groups is 5. The van der Waals surface area contributed by atoms with E-state index in [4.69, 9.17) is 18.5 Å². The van der Waals surface area contributed by atoms with Gasteiger partial charge in [0.1, 0.15) is 43.2 Å². The topological polar surface area (TPSA) is 210 Å². The standard InChI is InChI=1S/C47H77O13P/c1-3-5-7-9-11-13-15-17-19-20-22-23-25-27-29-31-33-35-40(48)57-37-39(38-58-61(55,56)60-47-45(53)43(51)42(50)44(52)46(47)54)59-41(49)36-34-32-30-28-26-24-21-18-16-14-12-10-8-6-4-2/h6,8,12,14,17-19,21-23,26-29,39,42-47,50-54H,3-5,7,9-11,13,15-16,20,24-25,30-38H2,1-2H3,(H,55,56)/b8-6+,14-12+,19-17+,21-18+,23-22+,28-26+,29-27+/t39-,42?,43-,44?,45?,46?,47?/m0/s1. The Morgan fingerprint density at radius 1 is 0.525 bits per heavy atom. The summed E-state index contributed by atoms with van der Waals surface area (Å²) in [7, 11) is -5.14. The number of phosphoric ester groups is 1. The molecule has 0 spiro atoms. The molecule has 0 aromatic heterocycles. The Labute approximate surface area is 365 Å². The summed E-state index contributed by atoms with van der Waals surface area (Å²) in [5, 5.41) is 50.1. The number of hydrogen-bond donors (Lipinski definition) is 6. The lowest BCUT2D eigenvalue weighted by Crippen LogP contribution is -2.64. The maximum Gasteiger partial charge on any atom is 0.472 e. The number of phosphoric acid groups is 1. The second kappa shape index (κ2) is 36.5. The Morgan fingerprint density at radius 3 is 1.48 bits per heavy atom. The van der Waals surface area contributed by atoms with Crippen LogP contribution in [0.2, 0.25) is 0 Å². The minimum Gasteiger partial charge on any atom is -0.462 e. The van der Waals surface area contributed by atoms with E-state index in [9.17, 15) is 44.6 Å². The molecule has 13 nitrogen and oxygen atoms in total. The fourth-order valence-electron chi connectivity index (χ4n) is 6.12. The quantitative estimate of drug-likeness (QED) is 0.0153. The van der Waals surface area contributed by atoms with Gasteiger partial charge in [-0.25, -0.2) is 4.57 Å². The highest BCUT2D eigenvalue weighted by molar-refractivity contribution is 7.47. The third kappa shape index (κ3) is 29.1. The number of carbonyl (C=O) groups excluding carboxylic acids is 2. The van der Waals surface area contributed by atoms with E-state index in [2.05, 4.69) is 80.7 Å². The Bertz CT molecular complexity index is 1390. The molecule has 61 heavy (non-hydrogen) atoms. The molecule has 0 aliphatic heterocycles. The Balaban J connectivity index is 2.55. The van der Waals surface area contributed by atoms with E-state index in [0.717, 1.165) is 51.4 Å². The molecule has 0 heterocycles. The maximum absolute atomic E-state index is 12.8. The van der Waals surface area contributed by atoms with Gasteiger partial charge in [-0.1, -0.05) is 131 Å². The second-order valence-electron chi connectivity index (χ2n) is 15.2. The fraction of sp³-hybridized carbons (Fsp3) is 0.660. The molecule has 348 valence electrons. The molecule has 6 N–H and O–H groups in total. The van der Waals surface area contributed by atoms with E-state index in [0.29, 0.717) is 25.7 Å². The summed E-state index contributed by atoms with van der Waals surface area (Å²) in [5.41, 5.74) is 0. The van der Waals surface area contributed by atoms with Crippen molar-refractivity contribution >= 4 is 19.8 Å². The molecule has 1 fully saturated rings. The average molecular weight is 881 g/mol. The predicted molar refractivity (Wildman–Crippen MR) is 239 cm³/mol. The zero-order chi connectivity index (χ0) is 45.0. The van der Waals surface area contributed by atoms with E-state index >= 15 is 0 Å². The van der Waals surface area contributed by atoms with Gasteiger partial charge in [0.25, 0.3) is 0 Å². The van der Waals surface area contributed by atoms with Crippen molar-refractivity contribution < 1.29 is 63.1 Å². The largest absolute Gasteiger partial charge is 0.472 e. The highest BCUT2D eigenvalue weighted by atomic mass is 31.2. The van der Waals surface area contributed by atoms with Crippen LogP contribution in [0.4, 0.5) is 0 Å². The Hall–Kier alpha value is -2.97. The van der Waals surface area contributed by atoms with Crippen molar-refractivity contribution in [3.8, 4) is 0 Å². The van der Waals surface area contributed by atoms with Crippen LogP contribution in [0.1, 0.15) is 142 Å². The monoisotopic (exact) mass is 881 g/mol. The maximum atomic E-state index is 12.8. The number of aliphatic hydroxyl groups excluding tert-OH is 5. The molecule has 0 bridgehead atoms. The van der Waals surface area contributed by atoms with Gasteiger partial charge in [0.15, 0.2) is 6.10 Å². The summed E-state index contributed by atoms with van der Waals surface area (Å²) in [5.74, 6) is -1.22. The van der Waals surface area contributed by atoms with Gasteiger partial charge >= 0.3 is 19.8 Å². The molecular weight excluding hydrogens is 803 g/mol. The lowest BCUT2D eigenvalue weighted by atomic mass is 9.85. The number of unbranched alkanes of at least 4 members (excludes halogenated alkanes) is 9. The number of allylic oxidation sites excluding steroid dienone is 14. The molecule has 6 unspecified atom stereocenters. The third-order valence-corrected chi connectivity index (χ3v) is 10.7. The van der Waals surface area contributed by atoms with Crippen LogP contribution in [0.15, 0.2) is 85.1 Å². The first kappa shape index (κ1) is 56.0. The summed E-state index contributed by atoms with van der Waals surface area (Å²) in [4.78, 5) is 35.6. The van der Waals surface area contributed by atoms with Crippen LogP contribution in [0.3, 0.4) is 0 Å². The molecule has 8 atom stereocenters. The van der Waals surface area contributed by atoms with Crippen LogP contribution in [-0.2, 0) is 32.7 Å². The third-order valence-electron chi connectivity index (χ3n) is 9.72. The van der Waals surface area contributed by atoms with Crippen LogP contribution < -0.4 is 0 Å². The molecule has 1 saturated carbocycles. The van der Waals surface area contributed by atoms with E-state index < -0.39 is 75.7 Å². The fourth-order valence-corrected chi connectivity index (χ4v) is 7.09. The summed E-state index contributed by atoms with van der Waals surface area (Å²) in [6.45, 7) is 3.08. The zero-order valence-corrected chi connectivity index (χ0v) is 37.6. The van der Waals surface area contributed by atoms with Crippen molar-refractivity contribution in [3.63, 3.8) is 0 Å². The van der Waals surface area contributed by atoms with Crippen LogP contribution in [0.5, 0.6) is 0 Å². The van der Waals surface area contributed by atoms with Gasteiger partial charge in [0, 0.05) is 12.8 Å². The molecule has 0 amide bonds. The van der Waals surface area contributed by atoms with Crippen molar-refractivity contribution in [3.05, 3.63) is 85.1 Å². The van der Waals surface area contributed by atoms with E-state index in [-0.39, 0.29) is 12.8 Å². The average Bonchev–Trinajstić information content (AvgIpc) is 3.24. The first-order valence-electron chi connectivity index (χ1n) is 22.4. The number of carbonyl (C=O) groups is 2. The van der Waals surface area contributed by atoms with Gasteiger partial charge in [0.05, 0.1) is 6.61 Å². The molecule has 1 aliphatic carbocycles. The SMILES string of the molecule is CC/C=C/C/C=C/C/C=C/C/C=C/CCCCC(=O)O[C@@H](COC(=O)CCC/C=C/C/C=C/C/C=C/CCCCCCCC)COP(=O)(O)OC1C(O)C(O)C(O)[C@H](O)C1O. The Morgan fingerprint density at radius 2 is 0.951 bits per heavy atom. The van der Waals surface area contributed by atoms with Crippen LogP contribution in [-0.4, -0.2) is 98.3 Å². The van der Waals surface area contributed by atoms with Gasteiger partial charge in [-0.3, -0.25) is 18.6 Å². The van der Waals surface area contributed by atoms with E-state index in [1.54, 1.807) is 0 Å². The normalized spacial score (nSPS) is 22.8. The number of ether oxygens (including phenoxy) is 2. The molecular formula is C47H77O13P. The van der Waals surface area contributed by atoms with E-state index in [1.807, 2.05) is 18.2 Å². The highest BCUT2D eigenvalue weighted by Gasteiger charge is 2.51. The van der Waals surface area contributed by atoms with Crippen molar-refractivity contribution in [2.45, 2.75) is 185 Å². The van der Waals surface area contributed by atoms with Gasteiger partial charge in [-0.15, -0.1) is 0 Å². The zero-order valence-electron chi connectivity index (χ0n) is 36.7.